The second-order valence-electron chi connectivity index (χ2n) is 1.08. The van der Waals surface area contributed by atoms with Crippen molar-refractivity contribution in [3.05, 3.63) is 11.9 Å². The van der Waals surface area contributed by atoms with E-state index in [1.165, 1.54) is 0 Å². The molecular formula is C4H4F4. The minimum Gasteiger partial charge on any atom is -0.243 e. The van der Waals surface area contributed by atoms with Crippen LogP contribution in [0.4, 0.5) is 17.6 Å². The van der Waals surface area contributed by atoms with Crippen LogP contribution in [0.15, 0.2) is 11.9 Å². The minimum atomic E-state index is -2.90. The molecule has 0 unspecified atom stereocenters. The number of rotatable bonds is 2. The number of halogens is 4. The van der Waals surface area contributed by atoms with Crippen molar-refractivity contribution in [2.75, 3.05) is 6.67 Å². The Hall–Kier alpha value is -0.540. The van der Waals surface area contributed by atoms with Crippen molar-refractivity contribution in [2.45, 2.75) is 6.43 Å². The van der Waals surface area contributed by atoms with Crippen LogP contribution in [0, 0.1) is 0 Å². The zero-order chi connectivity index (χ0) is 6.57. The Labute approximate surface area is 43.8 Å². The van der Waals surface area contributed by atoms with Crippen LogP contribution in [0.3, 0.4) is 0 Å². The Morgan fingerprint density at radius 3 is 2.12 bits per heavy atom. The molecule has 0 aromatic carbocycles. The third-order valence-electron chi connectivity index (χ3n) is 0.434. The number of allylic oxidation sites excluding steroid dienone is 2. The Bertz CT molecular complexity index is 86.0. The van der Waals surface area contributed by atoms with Crippen molar-refractivity contribution < 1.29 is 17.6 Å². The van der Waals surface area contributed by atoms with E-state index in [9.17, 15) is 17.6 Å². The van der Waals surface area contributed by atoms with Crippen molar-refractivity contribution in [3.8, 4) is 0 Å². The van der Waals surface area contributed by atoms with Gasteiger partial charge in [0.25, 0.3) is 6.43 Å². The molecule has 0 nitrogen and oxygen atoms in total. The van der Waals surface area contributed by atoms with Gasteiger partial charge in [0.1, 0.15) is 12.5 Å². The summed E-state index contributed by atoms with van der Waals surface area (Å²) in [6, 6.07) is 0. The molecule has 0 aliphatic heterocycles. The zero-order valence-corrected chi connectivity index (χ0v) is 3.87. The standard InChI is InChI=1S/C4H4F4/c5-2-3(6)1-4(7)8/h1,4H,2H2. The van der Waals surface area contributed by atoms with Gasteiger partial charge in [-0.3, -0.25) is 0 Å². The van der Waals surface area contributed by atoms with Crippen LogP contribution in [0.25, 0.3) is 0 Å². The molecule has 0 bridgehead atoms. The minimum absolute atomic E-state index is 0.0694. The van der Waals surface area contributed by atoms with Gasteiger partial charge in [-0.15, -0.1) is 0 Å². The summed E-state index contributed by atoms with van der Waals surface area (Å²) in [5.74, 6) is -1.42. The van der Waals surface area contributed by atoms with Crippen molar-refractivity contribution in [3.63, 3.8) is 0 Å². The van der Waals surface area contributed by atoms with Crippen LogP contribution < -0.4 is 0 Å². The van der Waals surface area contributed by atoms with E-state index in [4.69, 9.17) is 0 Å². The largest absolute Gasteiger partial charge is 0.259 e. The van der Waals surface area contributed by atoms with Crippen molar-refractivity contribution in [1.82, 2.24) is 0 Å². The molecule has 0 fully saturated rings. The highest BCUT2D eigenvalue weighted by molar-refractivity contribution is 4.92. The maximum absolute atomic E-state index is 11.4. The van der Waals surface area contributed by atoms with Gasteiger partial charge in [0.15, 0.2) is 0 Å². The second-order valence-corrected chi connectivity index (χ2v) is 1.08. The molecule has 0 aromatic rings. The molecule has 0 spiro atoms. The molecule has 0 N–H and O–H groups in total. The van der Waals surface area contributed by atoms with E-state index in [2.05, 4.69) is 0 Å². The van der Waals surface area contributed by atoms with Gasteiger partial charge in [0.05, 0.1) is 0 Å². The summed E-state index contributed by atoms with van der Waals surface area (Å²) in [6.07, 6.45) is -2.97. The van der Waals surface area contributed by atoms with Gasteiger partial charge in [0.2, 0.25) is 0 Å². The van der Waals surface area contributed by atoms with E-state index in [1.807, 2.05) is 0 Å². The molecule has 48 valence electrons. The zero-order valence-electron chi connectivity index (χ0n) is 3.87. The molecule has 0 saturated carbocycles. The van der Waals surface area contributed by atoms with Crippen LogP contribution in [0.5, 0.6) is 0 Å². The highest BCUT2D eigenvalue weighted by Gasteiger charge is 1.99. The molecule has 8 heavy (non-hydrogen) atoms. The third kappa shape index (κ3) is 3.64. The molecule has 0 amide bonds. The van der Waals surface area contributed by atoms with Crippen molar-refractivity contribution >= 4 is 0 Å². The Morgan fingerprint density at radius 1 is 1.50 bits per heavy atom. The maximum atomic E-state index is 11.4. The molecule has 0 saturated heterocycles. The van der Waals surface area contributed by atoms with E-state index >= 15 is 0 Å². The number of hydrogen-bond acceptors (Lipinski definition) is 0. The number of alkyl halides is 3. The highest BCUT2D eigenvalue weighted by Crippen LogP contribution is 2.02. The van der Waals surface area contributed by atoms with E-state index < -0.39 is 18.9 Å². The average molecular weight is 128 g/mol. The quantitative estimate of drug-likeness (QED) is 0.499. The summed E-state index contributed by atoms with van der Waals surface area (Å²) in [5.41, 5.74) is 0. The number of hydrogen-bond donors (Lipinski definition) is 0. The second kappa shape index (κ2) is 3.46. The summed E-state index contributed by atoms with van der Waals surface area (Å²) in [7, 11) is 0. The fourth-order valence-corrected chi connectivity index (χ4v) is 0.181. The molecule has 0 atom stereocenters. The molecular weight excluding hydrogens is 124 g/mol. The Balaban J connectivity index is 3.56. The summed E-state index contributed by atoms with van der Waals surface area (Å²) in [6.45, 7) is -1.45. The van der Waals surface area contributed by atoms with Gasteiger partial charge < -0.3 is 0 Å². The van der Waals surface area contributed by atoms with Crippen LogP contribution in [0.2, 0.25) is 0 Å². The summed E-state index contributed by atoms with van der Waals surface area (Å²) in [5, 5.41) is 0. The normalized spacial score (nSPS) is 12.9. The van der Waals surface area contributed by atoms with Gasteiger partial charge in [-0.05, 0) is 0 Å². The van der Waals surface area contributed by atoms with Crippen LogP contribution >= 0.6 is 0 Å². The lowest BCUT2D eigenvalue weighted by Crippen LogP contribution is -1.85. The fourth-order valence-electron chi connectivity index (χ4n) is 0.181. The van der Waals surface area contributed by atoms with E-state index in [-0.39, 0.29) is 6.08 Å². The molecule has 4 heteroatoms. The average Bonchev–Trinajstić information content (AvgIpc) is 1.65. The predicted molar refractivity (Wildman–Crippen MR) is 21.2 cm³/mol. The summed E-state index contributed by atoms with van der Waals surface area (Å²) in [4.78, 5) is 0. The topological polar surface area (TPSA) is 0 Å². The van der Waals surface area contributed by atoms with E-state index in [0.717, 1.165) is 0 Å². The molecule has 0 heterocycles. The Morgan fingerprint density at radius 2 is 2.00 bits per heavy atom. The first-order valence-electron chi connectivity index (χ1n) is 1.87. The SMILES string of the molecule is FCC(F)=CC(F)F. The van der Waals surface area contributed by atoms with Gasteiger partial charge in [0, 0.05) is 6.08 Å². The summed E-state index contributed by atoms with van der Waals surface area (Å²) < 4.78 is 44.3. The lowest BCUT2D eigenvalue weighted by molar-refractivity contribution is 0.199. The summed E-state index contributed by atoms with van der Waals surface area (Å²) >= 11 is 0. The monoisotopic (exact) mass is 128 g/mol. The van der Waals surface area contributed by atoms with Gasteiger partial charge in [-0.25, -0.2) is 17.6 Å². The van der Waals surface area contributed by atoms with E-state index in [1.54, 1.807) is 0 Å². The molecule has 0 aliphatic carbocycles. The third-order valence-corrected chi connectivity index (χ3v) is 0.434. The van der Waals surface area contributed by atoms with Crippen LogP contribution in [0.1, 0.15) is 0 Å². The van der Waals surface area contributed by atoms with Gasteiger partial charge >= 0.3 is 0 Å². The van der Waals surface area contributed by atoms with E-state index in [0.29, 0.717) is 0 Å². The molecule has 0 aromatic heterocycles. The maximum Gasteiger partial charge on any atom is 0.259 e. The first-order valence-corrected chi connectivity index (χ1v) is 1.87. The lowest BCUT2D eigenvalue weighted by Gasteiger charge is -1.85. The molecule has 0 aliphatic rings. The van der Waals surface area contributed by atoms with Gasteiger partial charge in [-0.1, -0.05) is 0 Å². The van der Waals surface area contributed by atoms with Crippen LogP contribution in [-0.4, -0.2) is 13.1 Å². The Kier molecular flexibility index (Phi) is 3.23. The first-order chi connectivity index (χ1) is 3.66. The lowest BCUT2D eigenvalue weighted by atomic mass is 10.5. The van der Waals surface area contributed by atoms with Gasteiger partial charge in [-0.2, -0.15) is 0 Å². The van der Waals surface area contributed by atoms with Crippen molar-refractivity contribution in [1.29, 1.82) is 0 Å². The highest BCUT2D eigenvalue weighted by atomic mass is 19.3. The predicted octanol–water partition coefficient (Wildman–Crippen LogP) is 2.07. The fraction of sp³-hybridized carbons (Fsp3) is 0.500. The first kappa shape index (κ1) is 7.46. The van der Waals surface area contributed by atoms with Crippen LogP contribution in [-0.2, 0) is 0 Å². The molecule has 0 radical (unpaired) electrons. The van der Waals surface area contributed by atoms with Crippen molar-refractivity contribution in [2.24, 2.45) is 0 Å². The smallest absolute Gasteiger partial charge is 0.243 e. The molecule has 0 rings (SSSR count).